The van der Waals surface area contributed by atoms with Crippen LogP contribution >= 0.6 is 0 Å². The molecule has 1 heterocycles. The van der Waals surface area contributed by atoms with E-state index in [1.165, 1.54) is 0 Å². The van der Waals surface area contributed by atoms with Gasteiger partial charge in [0, 0.05) is 18.3 Å². The van der Waals surface area contributed by atoms with Gasteiger partial charge in [-0.05, 0) is 37.6 Å². The third kappa shape index (κ3) is 3.62. The molecule has 1 aromatic heterocycles. The lowest BCUT2D eigenvalue weighted by Crippen LogP contribution is -2.32. The van der Waals surface area contributed by atoms with Gasteiger partial charge in [-0.25, -0.2) is 0 Å². The Kier molecular flexibility index (Phi) is 4.92. The van der Waals surface area contributed by atoms with E-state index in [-0.39, 0.29) is 17.9 Å². The molecule has 0 bridgehead atoms. The minimum absolute atomic E-state index is 0.00993. The Bertz CT molecular complexity index is 326. The predicted octanol–water partition coefficient (Wildman–Crippen LogP) is 1.24. The number of carbonyl (C=O) groups excluding carboxylic acids is 1. The monoisotopic (exact) mass is 221 g/mol. The van der Waals surface area contributed by atoms with Crippen LogP contribution in [0.5, 0.6) is 0 Å². The van der Waals surface area contributed by atoms with E-state index in [4.69, 9.17) is 5.73 Å². The van der Waals surface area contributed by atoms with Gasteiger partial charge in [0.1, 0.15) is 0 Å². The molecule has 0 aliphatic rings. The van der Waals surface area contributed by atoms with Gasteiger partial charge >= 0.3 is 0 Å². The zero-order valence-corrected chi connectivity index (χ0v) is 9.81. The van der Waals surface area contributed by atoms with Crippen LogP contribution in [0.25, 0.3) is 0 Å². The first-order valence-corrected chi connectivity index (χ1v) is 5.55. The van der Waals surface area contributed by atoms with E-state index in [1.807, 2.05) is 26.0 Å². The lowest BCUT2D eigenvalue weighted by atomic mass is 10.1. The number of rotatable bonds is 5. The van der Waals surface area contributed by atoms with Crippen molar-refractivity contribution in [2.45, 2.75) is 26.3 Å². The highest BCUT2D eigenvalue weighted by Gasteiger charge is 2.14. The number of pyridine rings is 1. The van der Waals surface area contributed by atoms with Crippen molar-refractivity contribution < 1.29 is 4.79 Å². The van der Waals surface area contributed by atoms with Crippen LogP contribution in [0.4, 0.5) is 0 Å². The zero-order valence-electron chi connectivity index (χ0n) is 9.81. The summed E-state index contributed by atoms with van der Waals surface area (Å²) < 4.78 is 0. The van der Waals surface area contributed by atoms with Gasteiger partial charge in [-0.1, -0.05) is 6.92 Å². The Morgan fingerprint density at radius 2 is 2.06 bits per heavy atom. The minimum Gasteiger partial charge on any atom is -0.349 e. The standard InChI is InChI=1S/C12H19N3O/c1-9(3-6-13)12(16)15-10(2)11-4-7-14-8-5-11/h4-5,7-10H,3,6,13H2,1-2H3,(H,15,16)/t9?,10-/m1/s1. The van der Waals surface area contributed by atoms with Crippen LogP contribution in [0, 0.1) is 5.92 Å². The molecular weight excluding hydrogens is 202 g/mol. The van der Waals surface area contributed by atoms with Crippen molar-refractivity contribution >= 4 is 5.91 Å². The molecule has 3 N–H and O–H groups in total. The topological polar surface area (TPSA) is 68.0 Å². The number of nitrogens with two attached hydrogens (primary N) is 1. The van der Waals surface area contributed by atoms with E-state index in [9.17, 15) is 4.79 Å². The van der Waals surface area contributed by atoms with Gasteiger partial charge in [-0.3, -0.25) is 9.78 Å². The Morgan fingerprint density at radius 1 is 1.44 bits per heavy atom. The van der Waals surface area contributed by atoms with Gasteiger partial charge in [0.15, 0.2) is 0 Å². The molecule has 0 aromatic carbocycles. The molecule has 4 heteroatoms. The molecule has 1 rings (SSSR count). The maximum absolute atomic E-state index is 11.7. The largest absolute Gasteiger partial charge is 0.349 e. The first-order chi connectivity index (χ1) is 7.65. The second-order valence-corrected chi connectivity index (χ2v) is 3.99. The highest BCUT2D eigenvalue weighted by molar-refractivity contribution is 5.78. The maximum atomic E-state index is 11.7. The molecule has 0 aliphatic heterocycles. The van der Waals surface area contributed by atoms with Crippen molar-refractivity contribution in [1.29, 1.82) is 0 Å². The number of nitrogens with one attached hydrogen (secondary N) is 1. The molecule has 0 fully saturated rings. The highest BCUT2D eigenvalue weighted by atomic mass is 16.1. The van der Waals surface area contributed by atoms with Crippen molar-refractivity contribution in [2.75, 3.05) is 6.54 Å². The van der Waals surface area contributed by atoms with Crippen molar-refractivity contribution in [3.05, 3.63) is 30.1 Å². The first-order valence-electron chi connectivity index (χ1n) is 5.55. The fourth-order valence-electron chi connectivity index (χ4n) is 1.47. The summed E-state index contributed by atoms with van der Waals surface area (Å²) >= 11 is 0. The third-order valence-electron chi connectivity index (χ3n) is 2.61. The van der Waals surface area contributed by atoms with E-state index in [0.717, 1.165) is 12.0 Å². The smallest absolute Gasteiger partial charge is 0.223 e. The Morgan fingerprint density at radius 3 is 2.62 bits per heavy atom. The number of aromatic nitrogens is 1. The van der Waals surface area contributed by atoms with Gasteiger partial charge in [-0.2, -0.15) is 0 Å². The summed E-state index contributed by atoms with van der Waals surface area (Å²) in [6.07, 6.45) is 4.16. The molecule has 0 saturated heterocycles. The average Bonchev–Trinajstić information content (AvgIpc) is 2.30. The molecule has 0 spiro atoms. The van der Waals surface area contributed by atoms with Crippen molar-refractivity contribution in [1.82, 2.24) is 10.3 Å². The number of carbonyl (C=O) groups is 1. The number of hydrogen-bond acceptors (Lipinski definition) is 3. The summed E-state index contributed by atoms with van der Waals surface area (Å²) in [4.78, 5) is 15.7. The second kappa shape index (κ2) is 6.23. The van der Waals surface area contributed by atoms with Gasteiger partial charge in [-0.15, -0.1) is 0 Å². The summed E-state index contributed by atoms with van der Waals surface area (Å²) in [6, 6.07) is 3.81. The Balaban J connectivity index is 2.51. The molecule has 2 atom stereocenters. The SMILES string of the molecule is CC(CCN)C(=O)N[C@H](C)c1ccncc1. The van der Waals surface area contributed by atoms with Crippen LogP contribution in [0.2, 0.25) is 0 Å². The minimum atomic E-state index is -0.0331. The van der Waals surface area contributed by atoms with Gasteiger partial charge < -0.3 is 11.1 Å². The number of amides is 1. The van der Waals surface area contributed by atoms with Crippen LogP contribution in [-0.2, 0) is 4.79 Å². The lowest BCUT2D eigenvalue weighted by Gasteiger charge is -2.17. The van der Waals surface area contributed by atoms with E-state index in [0.29, 0.717) is 6.54 Å². The molecule has 1 aromatic rings. The Labute approximate surface area is 96.3 Å². The average molecular weight is 221 g/mol. The van der Waals surface area contributed by atoms with E-state index in [1.54, 1.807) is 12.4 Å². The quantitative estimate of drug-likeness (QED) is 0.786. The summed E-state index contributed by atoms with van der Waals surface area (Å²) in [5.74, 6) is 0.0176. The second-order valence-electron chi connectivity index (χ2n) is 3.99. The summed E-state index contributed by atoms with van der Waals surface area (Å²) in [5.41, 5.74) is 6.48. The van der Waals surface area contributed by atoms with Crippen LogP contribution in [0.3, 0.4) is 0 Å². The van der Waals surface area contributed by atoms with E-state index in [2.05, 4.69) is 10.3 Å². The highest BCUT2D eigenvalue weighted by Crippen LogP contribution is 2.11. The van der Waals surface area contributed by atoms with Crippen LogP contribution in [0.1, 0.15) is 31.9 Å². The van der Waals surface area contributed by atoms with Crippen molar-refractivity contribution in [3.63, 3.8) is 0 Å². The lowest BCUT2D eigenvalue weighted by molar-refractivity contribution is -0.125. The Hall–Kier alpha value is -1.42. The molecule has 1 amide bonds. The molecule has 0 saturated carbocycles. The van der Waals surface area contributed by atoms with E-state index < -0.39 is 0 Å². The van der Waals surface area contributed by atoms with E-state index >= 15 is 0 Å². The molecule has 1 unspecified atom stereocenters. The third-order valence-corrected chi connectivity index (χ3v) is 2.61. The summed E-state index contributed by atoms with van der Waals surface area (Å²) in [5, 5.41) is 2.96. The van der Waals surface area contributed by atoms with Crippen molar-refractivity contribution in [3.8, 4) is 0 Å². The normalized spacial score (nSPS) is 14.2. The van der Waals surface area contributed by atoms with Crippen molar-refractivity contribution in [2.24, 2.45) is 11.7 Å². The molecule has 88 valence electrons. The zero-order chi connectivity index (χ0) is 12.0. The van der Waals surface area contributed by atoms with Gasteiger partial charge in [0.05, 0.1) is 6.04 Å². The molecule has 16 heavy (non-hydrogen) atoms. The van der Waals surface area contributed by atoms with Crippen LogP contribution in [0.15, 0.2) is 24.5 Å². The predicted molar refractivity (Wildman–Crippen MR) is 63.6 cm³/mol. The number of hydrogen-bond donors (Lipinski definition) is 2. The summed E-state index contributed by atoms with van der Waals surface area (Å²) in [7, 11) is 0. The molecule has 0 aliphatic carbocycles. The van der Waals surface area contributed by atoms with Crippen LogP contribution in [-0.4, -0.2) is 17.4 Å². The molecule has 4 nitrogen and oxygen atoms in total. The first kappa shape index (κ1) is 12.6. The van der Waals surface area contributed by atoms with Crippen LogP contribution < -0.4 is 11.1 Å². The molecular formula is C12H19N3O. The van der Waals surface area contributed by atoms with Gasteiger partial charge in [0.2, 0.25) is 5.91 Å². The maximum Gasteiger partial charge on any atom is 0.223 e. The van der Waals surface area contributed by atoms with Gasteiger partial charge in [0.25, 0.3) is 0 Å². The summed E-state index contributed by atoms with van der Waals surface area (Å²) in [6.45, 7) is 4.39. The number of nitrogens with zero attached hydrogens (tertiary/aromatic N) is 1. The fraction of sp³-hybridized carbons (Fsp3) is 0.500. The fourth-order valence-corrected chi connectivity index (χ4v) is 1.47. The molecule has 0 radical (unpaired) electrons.